The summed E-state index contributed by atoms with van der Waals surface area (Å²) in [6.45, 7) is 20.5. The molecule has 0 radical (unpaired) electrons. The maximum absolute atomic E-state index is 12.5. The summed E-state index contributed by atoms with van der Waals surface area (Å²) < 4.78 is 0. The largest absolute Gasteiger partial charge is 0.545 e. The molecule has 230 valence electrons. The molecule has 0 saturated heterocycles. The minimum Gasteiger partial charge on any atom is -0.545 e. The van der Waals surface area contributed by atoms with Crippen LogP contribution in [-0.2, 0) is 12.8 Å². The third kappa shape index (κ3) is 9.27. The van der Waals surface area contributed by atoms with E-state index >= 15 is 0 Å². The van der Waals surface area contributed by atoms with Gasteiger partial charge in [0.2, 0.25) is 0 Å². The summed E-state index contributed by atoms with van der Waals surface area (Å²) in [5, 5.41) is 25.4. The van der Waals surface area contributed by atoms with Crippen LogP contribution in [0, 0.1) is 0 Å². The van der Waals surface area contributed by atoms with Crippen molar-refractivity contribution in [3.05, 3.63) is 97.1 Å². The number of carbonyl (C=O) groups is 2. The van der Waals surface area contributed by atoms with Crippen molar-refractivity contribution >= 4 is 33.7 Å². The van der Waals surface area contributed by atoms with E-state index in [1.807, 2.05) is 24.3 Å². The number of H-pyrrole nitrogens is 1. The van der Waals surface area contributed by atoms with Gasteiger partial charge in [-0.25, -0.2) is 0 Å². The van der Waals surface area contributed by atoms with Crippen LogP contribution in [0.25, 0.3) is 21.8 Å². The Morgan fingerprint density at radius 1 is 0.674 bits per heavy atom. The van der Waals surface area contributed by atoms with Crippen LogP contribution in [-0.4, -0.2) is 66.0 Å². The van der Waals surface area contributed by atoms with Gasteiger partial charge < -0.3 is 24.8 Å². The first-order valence-electron chi connectivity index (χ1n) is 15.3. The van der Waals surface area contributed by atoms with Gasteiger partial charge >= 0.3 is 0 Å². The summed E-state index contributed by atoms with van der Waals surface area (Å²) in [6.07, 6.45) is 14.6. The Hall–Kier alpha value is -3.94. The Morgan fingerprint density at radius 2 is 1.21 bits per heavy atom. The van der Waals surface area contributed by atoms with Crippen LogP contribution < -0.4 is 10.2 Å². The number of rotatable bonds is 22. The molecule has 0 spiro atoms. The average molecular weight is 584 g/mol. The first kappa shape index (κ1) is 33.6. The van der Waals surface area contributed by atoms with Crippen LogP contribution in [0.3, 0.4) is 0 Å². The highest BCUT2D eigenvalue weighted by Crippen LogP contribution is 2.34. The molecular weight excluding hydrogens is 538 g/mol. The Bertz CT molecular complexity index is 1420. The van der Waals surface area contributed by atoms with E-state index in [1.54, 1.807) is 18.2 Å². The molecule has 0 aliphatic heterocycles. The van der Waals surface area contributed by atoms with Crippen molar-refractivity contribution in [1.82, 2.24) is 14.8 Å². The third-order valence-electron chi connectivity index (χ3n) is 7.93. The molecule has 1 N–H and O–H groups in total. The number of fused-ring (bicyclic) bond motifs is 3. The van der Waals surface area contributed by atoms with Crippen LogP contribution in [0.5, 0.6) is 0 Å². The van der Waals surface area contributed by atoms with Gasteiger partial charge in [-0.2, -0.15) is 0 Å². The van der Waals surface area contributed by atoms with Gasteiger partial charge in [0.25, 0.3) is 0 Å². The molecule has 0 unspecified atom stereocenters. The molecule has 2 aromatic carbocycles. The number of nitrogens with zero attached hydrogens (tertiary/aromatic N) is 2. The van der Waals surface area contributed by atoms with Crippen molar-refractivity contribution in [1.29, 1.82) is 0 Å². The fraction of sp³-hybridized carbons (Fsp3) is 0.389. The molecule has 0 fully saturated rings. The van der Waals surface area contributed by atoms with Crippen molar-refractivity contribution in [2.75, 3.05) is 39.3 Å². The number of aromatic nitrogens is 1. The smallest absolute Gasteiger partial charge is 0.0718 e. The number of benzene rings is 2. The van der Waals surface area contributed by atoms with Gasteiger partial charge in [0.15, 0.2) is 0 Å². The number of aromatic amines is 1. The summed E-state index contributed by atoms with van der Waals surface area (Å²) in [7, 11) is 0. The minimum absolute atomic E-state index is 0.0552. The quantitative estimate of drug-likeness (QED) is 0.134. The number of carboxylic acid groups (broad SMARTS) is 2. The third-order valence-corrected chi connectivity index (χ3v) is 7.93. The summed E-state index contributed by atoms with van der Waals surface area (Å²) in [6, 6.07) is 6.43. The van der Waals surface area contributed by atoms with Crippen LogP contribution in [0.2, 0.25) is 0 Å². The lowest BCUT2D eigenvalue weighted by atomic mass is 9.90. The zero-order valence-corrected chi connectivity index (χ0v) is 25.4. The predicted molar refractivity (Wildman–Crippen MR) is 173 cm³/mol. The molecule has 43 heavy (non-hydrogen) atoms. The van der Waals surface area contributed by atoms with Gasteiger partial charge in [-0.15, -0.1) is 26.3 Å². The summed E-state index contributed by atoms with van der Waals surface area (Å²) >= 11 is 0. The molecule has 0 aliphatic carbocycles. The van der Waals surface area contributed by atoms with Gasteiger partial charge in [0, 0.05) is 48.0 Å². The fourth-order valence-electron chi connectivity index (χ4n) is 5.89. The molecule has 3 aromatic rings. The second kappa shape index (κ2) is 17.2. The minimum atomic E-state index is -1.27. The average Bonchev–Trinajstić information content (AvgIpc) is 3.35. The van der Waals surface area contributed by atoms with E-state index in [2.05, 4.69) is 41.1 Å². The summed E-state index contributed by atoms with van der Waals surface area (Å²) in [4.78, 5) is 32.1. The zero-order chi connectivity index (χ0) is 31.2. The van der Waals surface area contributed by atoms with Crippen molar-refractivity contribution in [2.24, 2.45) is 0 Å². The fourth-order valence-corrected chi connectivity index (χ4v) is 5.89. The number of carbonyl (C=O) groups excluding carboxylic acids is 2. The topological polar surface area (TPSA) is 103 Å². The molecule has 0 saturated carbocycles. The lowest BCUT2D eigenvalue weighted by Gasteiger charge is -2.20. The second-order valence-corrected chi connectivity index (χ2v) is 11.1. The maximum atomic E-state index is 12.5. The predicted octanol–water partition coefficient (Wildman–Crippen LogP) is 4.82. The highest BCUT2D eigenvalue weighted by atomic mass is 16.4. The molecular formula is C36H45N3O4-2. The van der Waals surface area contributed by atoms with E-state index in [1.165, 1.54) is 6.07 Å². The summed E-state index contributed by atoms with van der Waals surface area (Å²) in [5.74, 6) is -2.48. The van der Waals surface area contributed by atoms with Crippen LogP contribution in [0.1, 0.15) is 70.4 Å². The first-order chi connectivity index (χ1) is 20.8. The maximum Gasteiger partial charge on any atom is 0.0718 e. The lowest BCUT2D eigenvalue weighted by Crippen LogP contribution is -2.25. The van der Waals surface area contributed by atoms with Gasteiger partial charge in [0.05, 0.1) is 17.5 Å². The van der Waals surface area contributed by atoms with Crippen LogP contribution in [0.15, 0.2) is 74.9 Å². The molecule has 7 nitrogen and oxygen atoms in total. The standard InChI is InChI=1S/C36H47N3O4/c1-5-19-38(20-6-2)23-13-9-11-15-28-29(16-12-10-14-24-39(21-7-3)22-8-4)34-31(26-32(28)36(42)43)30-25-27(35(40)41)17-18-33(30)37-34/h5-8,17-18,25-26,37H,1-4,9-16,19-24H2,(H,40,41)(H,42,43)/p-2. The molecule has 0 aliphatic rings. The Balaban J connectivity index is 1.89. The summed E-state index contributed by atoms with van der Waals surface area (Å²) in [5.41, 5.74) is 3.67. The first-order valence-corrected chi connectivity index (χ1v) is 15.3. The Morgan fingerprint density at radius 3 is 1.70 bits per heavy atom. The van der Waals surface area contributed by atoms with E-state index in [9.17, 15) is 19.8 Å². The number of hydrogen-bond donors (Lipinski definition) is 1. The van der Waals surface area contributed by atoms with Crippen LogP contribution in [0.4, 0.5) is 0 Å². The van der Waals surface area contributed by atoms with Crippen molar-refractivity contribution < 1.29 is 19.8 Å². The highest BCUT2D eigenvalue weighted by molar-refractivity contribution is 6.12. The number of aromatic carboxylic acids is 2. The molecule has 0 bridgehead atoms. The molecule has 0 atom stereocenters. The van der Waals surface area contributed by atoms with E-state index in [4.69, 9.17) is 0 Å². The van der Waals surface area contributed by atoms with Crippen molar-refractivity contribution in [3.63, 3.8) is 0 Å². The van der Waals surface area contributed by atoms with Crippen LogP contribution >= 0.6 is 0 Å². The lowest BCUT2D eigenvalue weighted by molar-refractivity contribution is -0.256. The number of unbranched alkanes of at least 4 members (excludes halogenated alkanes) is 4. The number of hydrogen-bond acceptors (Lipinski definition) is 6. The SMILES string of the molecule is C=CCN(CC=C)CCCCCc1c(C(=O)[O-])cc2c([nH]c3ccc(C(=O)[O-])cc32)c1CCCCCN(CC=C)CC=C. The van der Waals surface area contributed by atoms with Gasteiger partial charge in [-0.1, -0.05) is 43.2 Å². The number of carboxylic acids is 2. The normalized spacial score (nSPS) is 11.4. The van der Waals surface area contributed by atoms with E-state index in [-0.39, 0.29) is 11.1 Å². The highest BCUT2D eigenvalue weighted by Gasteiger charge is 2.18. The zero-order valence-electron chi connectivity index (χ0n) is 25.4. The van der Waals surface area contributed by atoms with Gasteiger partial charge in [0.1, 0.15) is 0 Å². The van der Waals surface area contributed by atoms with Gasteiger partial charge in [-0.05, 0) is 86.5 Å². The Kier molecular flexibility index (Phi) is 13.5. The Labute approximate surface area is 255 Å². The molecule has 0 amide bonds. The van der Waals surface area contributed by atoms with E-state index < -0.39 is 11.9 Å². The monoisotopic (exact) mass is 583 g/mol. The van der Waals surface area contributed by atoms with Gasteiger partial charge in [-0.3, -0.25) is 9.80 Å². The molecule has 1 heterocycles. The molecule has 1 aromatic heterocycles. The number of aryl methyl sites for hydroxylation is 1. The van der Waals surface area contributed by atoms with E-state index in [0.717, 1.165) is 100.0 Å². The van der Waals surface area contributed by atoms with Crippen molar-refractivity contribution in [3.8, 4) is 0 Å². The molecule has 3 rings (SSSR count). The molecule has 7 heteroatoms. The van der Waals surface area contributed by atoms with Crippen molar-refractivity contribution in [2.45, 2.75) is 51.4 Å². The second-order valence-electron chi connectivity index (χ2n) is 11.1. The van der Waals surface area contributed by atoms with E-state index in [0.29, 0.717) is 23.6 Å². The number of nitrogens with one attached hydrogen (secondary N) is 1.